The summed E-state index contributed by atoms with van der Waals surface area (Å²) in [6.07, 6.45) is 1.48. The molecule has 0 bridgehead atoms. The maximum absolute atomic E-state index is 13.8. The number of fused-ring (bicyclic) bond motifs is 2. The molecule has 0 spiro atoms. The molecule has 47 heavy (non-hydrogen) atoms. The Bertz CT molecular complexity index is 1850. The molecule has 240 valence electrons. The Balaban J connectivity index is 1.20. The monoisotopic (exact) mass is 633 g/mol. The van der Waals surface area contributed by atoms with Crippen LogP contribution in [-0.4, -0.2) is 67.3 Å². The van der Waals surface area contributed by atoms with E-state index in [4.69, 9.17) is 18.9 Å². The zero-order chi connectivity index (χ0) is 32.6. The predicted molar refractivity (Wildman–Crippen MR) is 178 cm³/mol. The normalized spacial score (nSPS) is 12.9. The Morgan fingerprint density at radius 3 is 2.17 bits per heavy atom. The number of nitrogens with one attached hydrogen (secondary N) is 2. The van der Waals surface area contributed by atoms with Crippen LogP contribution in [0.4, 0.5) is 17.2 Å². The van der Waals surface area contributed by atoms with Gasteiger partial charge in [0.05, 0.1) is 18.7 Å². The molecule has 11 nitrogen and oxygen atoms in total. The summed E-state index contributed by atoms with van der Waals surface area (Å²) >= 11 is 0. The first kappa shape index (κ1) is 31.5. The minimum atomic E-state index is -0.801. The Hall–Kier alpha value is -5.52. The fourth-order valence-corrected chi connectivity index (χ4v) is 5.44. The second kappa shape index (κ2) is 14.7. The Labute approximate surface area is 272 Å². The maximum atomic E-state index is 13.8. The number of nitrogens with zero attached hydrogens (tertiary/aromatic N) is 3. The van der Waals surface area contributed by atoms with Crippen LogP contribution in [0.5, 0.6) is 11.5 Å². The standard InChI is InChI=1S/C36H35N5O6/c1-44-16-18-46-31-20-29-30(21-32(31)47-19-17-45-2)37-23-38-34(29)39-26-12-14-27(15-13-26)40-35(42)33(24-8-4-3-5-9-24)41-22-25-10-6-7-11-28(25)36(41)43/h3-15,20-21,23,33H,16-19,22H2,1-2H3,(H,40,42)(H,37,38,39). The Morgan fingerprint density at radius 1 is 0.809 bits per heavy atom. The first-order chi connectivity index (χ1) is 23.1. The fraction of sp³-hybridized carbons (Fsp3) is 0.222. The van der Waals surface area contributed by atoms with Crippen molar-refractivity contribution in [3.8, 4) is 11.5 Å². The number of amides is 2. The lowest BCUT2D eigenvalue weighted by Gasteiger charge is -2.27. The highest BCUT2D eigenvalue weighted by Crippen LogP contribution is 2.36. The molecule has 1 aliphatic heterocycles. The number of hydrogen-bond acceptors (Lipinski definition) is 9. The topological polar surface area (TPSA) is 124 Å². The third-order valence-corrected chi connectivity index (χ3v) is 7.73. The summed E-state index contributed by atoms with van der Waals surface area (Å²) in [5.41, 5.74) is 4.26. The van der Waals surface area contributed by atoms with Crippen LogP contribution in [0.1, 0.15) is 27.5 Å². The largest absolute Gasteiger partial charge is 0.487 e. The number of rotatable bonds is 14. The molecule has 6 rings (SSSR count). The van der Waals surface area contributed by atoms with Crippen molar-refractivity contribution in [3.63, 3.8) is 0 Å². The summed E-state index contributed by atoms with van der Waals surface area (Å²) in [5, 5.41) is 7.09. The lowest BCUT2D eigenvalue weighted by atomic mass is 10.0. The van der Waals surface area contributed by atoms with Crippen LogP contribution >= 0.6 is 0 Å². The summed E-state index contributed by atoms with van der Waals surface area (Å²) < 4.78 is 22.1. The molecule has 1 unspecified atom stereocenters. The van der Waals surface area contributed by atoms with E-state index in [1.54, 1.807) is 37.3 Å². The minimum Gasteiger partial charge on any atom is -0.487 e. The molecule has 0 fully saturated rings. The zero-order valence-corrected chi connectivity index (χ0v) is 26.1. The van der Waals surface area contributed by atoms with Crippen LogP contribution in [0.25, 0.3) is 10.9 Å². The molecule has 2 amide bonds. The van der Waals surface area contributed by atoms with Crippen molar-refractivity contribution in [3.05, 3.63) is 114 Å². The zero-order valence-electron chi connectivity index (χ0n) is 26.1. The summed E-state index contributed by atoms with van der Waals surface area (Å²) in [5.74, 6) is 1.19. The SMILES string of the molecule is COCCOc1cc2ncnc(Nc3ccc(NC(=O)C(c4ccccc4)N4Cc5ccccc5C4=O)cc3)c2cc1OCCOC. The van der Waals surface area contributed by atoms with E-state index < -0.39 is 6.04 Å². The number of aromatic nitrogens is 2. The van der Waals surface area contributed by atoms with Gasteiger partial charge in [-0.25, -0.2) is 9.97 Å². The number of carbonyl (C=O) groups is 2. The third-order valence-electron chi connectivity index (χ3n) is 7.73. The van der Waals surface area contributed by atoms with Crippen molar-refractivity contribution in [1.82, 2.24) is 14.9 Å². The van der Waals surface area contributed by atoms with Gasteiger partial charge in [-0.3, -0.25) is 9.59 Å². The molecule has 4 aromatic carbocycles. The van der Waals surface area contributed by atoms with E-state index >= 15 is 0 Å². The van der Waals surface area contributed by atoms with Gasteiger partial charge in [0.1, 0.15) is 31.4 Å². The summed E-state index contributed by atoms with van der Waals surface area (Å²) in [4.78, 5) is 37.6. The smallest absolute Gasteiger partial charge is 0.255 e. The van der Waals surface area contributed by atoms with Gasteiger partial charge in [0.2, 0.25) is 0 Å². The van der Waals surface area contributed by atoms with Gasteiger partial charge in [-0.1, -0.05) is 48.5 Å². The molecular weight excluding hydrogens is 598 g/mol. The van der Waals surface area contributed by atoms with Crippen molar-refractivity contribution in [2.24, 2.45) is 0 Å². The number of carbonyl (C=O) groups excluding carboxylic acids is 2. The molecule has 2 heterocycles. The van der Waals surface area contributed by atoms with Gasteiger partial charge in [-0.2, -0.15) is 0 Å². The number of hydrogen-bond donors (Lipinski definition) is 2. The number of anilines is 3. The molecular formula is C36H35N5O6. The van der Waals surface area contributed by atoms with E-state index in [-0.39, 0.29) is 11.8 Å². The Morgan fingerprint density at radius 2 is 1.47 bits per heavy atom. The van der Waals surface area contributed by atoms with Crippen LogP contribution < -0.4 is 20.1 Å². The number of benzene rings is 4. The summed E-state index contributed by atoms with van der Waals surface area (Å²) in [6, 6.07) is 26.9. The second-order valence-electron chi connectivity index (χ2n) is 10.8. The predicted octanol–water partition coefficient (Wildman–Crippen LogP) is 5.76. The quantitative estimate of drug-likeness (QED) is 0.147. The fourth-order valence-electron chi connectivity index (χ4n) is 5.44. The van der Waals surface area contributed by atoms with Crippen LogP contribution in [0.15, 0.2) is 97.3 Å². The highest BCUT2D eigenvalue weighted by Gasteiger charge is 2.37. The molecule has 0 radical (unpaired) electrons. The van der Waals surface area contributed by atoms with Crippen molar-refractivity contribution in [2.45, 2.75) is 12.6 Å². The average Bonchev–Trinajstić information content (AvgIpc) is 3.42. The van der Waals surface area contributed by atoms with Crippen molar-refractivity contribution in [1.29, 1.82) is 0 Å². The van der Waals surface area contributed by atoms with Crippen molar-refractivity contribution >= 4 is 39.9 Å². The van der Waals surface area contributed by atoms with Crippen LogP contribution in [0.3, 0.4) is 0 Å². The van der Waals surface area contributed by atoms with E-state index in [2.05, 4.69) is 20.6 Å². The molecule has 0 aliphatic carbocycles. The first-order valence-electron chi connectivity index (χ1n) is 15.2. The van der Waals surface area contributed by atoms with Crippen LogP contribution in [0.2, 0.25) is 0 Å². The molecule has 2 N–H and O–H groups in total. The van der Waals surface area contributed by atoms with Gasteiger partial charge in [0.15, 0.2) is 11.5 Å². The van der Waals surface area contributed by atoms with E-state index in [0.29, 0.717) is 67.1 Å². The Kier molecular flexibility index (Phi) is 9.85. The lowest BCUT2D eigenvalue weighted by Crippen LogP contribution is -2.37. The van der Waals surface area contributed by atoms with E-state index in [9.17, 15) is 9.59 Å². The van der Waals surface area contributed by atoms with E-state index in [1.807, 2.05) is 72.8 Å². The van der Waals surface area contributed by atoms with Crippen LogP contribution in [0, 0.1) is 0 Å². The van der Waals surface area contributed by atoms with Crippen molar-refractivity contribution < 1.29 is 28.5 Å². The molecule has 1 aromatic heterocycles. The number of ether oxygens (including phenoxy) is 4. The molecule has 1 atom stereocenters. The highest BCUT2D eigenvalue weighted by molar-refractivity contribution is 6.04. The maximum Gasteiger partial charge on any atom is 0.255 e. The minimum absolute atomic E-state index is 0.165. The summed E-state index contributed by atoms with van der Waals surface area (Å²) in [6.45, 7) is 1.91. The molecule has 5 aromatic rings. The van der Waals surface area contributed by atoms with Gasteiger partial charge in [-0.05, 0) is 47.5 Å². The third kappa shape index (κ3) is 7.16. The van der Waals surface area contributed by atoms with Gasteiger partial charge >= 0.3 is 0 Å². The van der Waals surface area contributed by atoms with Crippen molar-refractivity contribution in [2.75, 3.05) is 51.3 Å². The molecule has 0 saturated heterocycles. The highest BCUT2D eigenvalue weighted by atomic mass is 16.5. The van der Waals surface area contributed by atoms with E-state index in [1.165, 1.54) is 6.33 Å². The van der Waals surface area contributed by atoms with E-state index in [0.717, 1.165) is 22.2 Å². The van der Waals surface area contributed by atoms with Gasteiger partial charge in [0.25, 0.3) is 11.8 Å². The first-order valence-corrected chi connectivity index (χ1v) is 15.2. The summed E-state index contributed by atoms with van der Waals surface area (Å²) in [7, 11) is 3.23. The van der Waals surface area contributed by atoms with Gasteiger partial charge < -0.3 is 34.5 Å². The van der Waals surface area contributed by atoms with Gasteiger partial charge in [-0.15, -0.1) is 0 Å². The molecule has 11 heteroatoms. The molecule has 0 saturated carbocycles. The second-order valence-corrected chi connectivity index (χ2v) is 10.8. The molecule has 1 aliphatic rings. The van der Waals surface area contributed by atoms with Crippen LogP contribution in [-0.2, 0) is 20.8 Å². The number of methoxy groups -OCH3 is 2. The lowest BCUT2D eigenvalue weighted by molar-refractivity contribution is -0.120. The van der Waals surface area contributed by atoms with Gasteiger partial charge in [0, 0.05) is 49.2 Å². The average molecular weight is 634 g/mol.